The van der Waals surface area contributed by atoms with Crippen molar-refractivity contribution >= 4 is 23.8 Å². The number of hydrogen-bond acceptors (Lipinski definition) is 3. The Bertz CT molecular complexity index is 302. The van der Waals surface area contributed by atoms with Gasteiger partial charge in [-0.15, -0.1) is 0 Å². The van der Waals surface area contributed by atoms with Crippen molar-refractivity contribution in [1.29, 1.82) is 0 Å². The fourth-order valence-corrected chi connectivity index (χ4v) is 3.77. The second-order valence-electron chi connectivity index (χ2n) is 6.30. The van der Waals surface area contributed by atoms with Crippen LogP contribution in [0.25, 0.3) is 0 Å². The molecule has 0 aromatic rings. The van der Waals surface area contributed by atoms with Crippen LogP contribution in [0.4, 0.5) is 0 Å². The number of nitrogens with zero attached hydrogens (tertiary/aromatic N) is 1. The molecule has 128 valence electrons. The van der Waals surface area contributed by atoms with E-state index in [9.17, 15) is 9.59 Å². The van der Waals surface area contributed by atoms with Gasteiger partial charge in [0.1, 0.15) is 0 Å². The summed E-state index contributed by atoms with van der Waals surface area (Å²) in [4.78, 5) is 23.6. The summed E-state index contributed by atoms with van der Waals surface area (Å²) in [7, 11) is 0. The van der Waals surface area contributed by atoms with Crippen LogP contribution in [0.5, 0.6) is 0 Å². The topological polar surface area (TPSA) is 37.4 Å². The Morgan fingerprint density at radius 3 is 1.73 bits per heavy atom. The third-order valence-electron chi connectivity index (χ3n) is 4.20. The first-order chi connectivity index (χ1) is 10.8. The number of hydrogen-bond donors (Lipinski definition) is 0. The van der Waals surface area contributed by atoms with Crippen LogP contribution < -0.4 is 0 Å². The van der Waals surface area contributed by atoms with E-state index in [2.05, 4.69) is 6.92 Å². The molecule has 0 N–H and O–H groups in total. The molecule has 3 nitrogen and oxygen atoms in total. The molecule has 1 aliphatic heterocycles. The van der Waals surface area contributed by atoms with Gasteiger partial charge in [-0.1, -0.05) is 64.7 Å². The lowest BCUT2D eigenvalue weighted by atomic mass is 10.1. The third-order valence-corrected chi connectivity index (χ3v) is 5.34. The van der Waals surface area contributed by atoms with Crippen molar-refractivity contribution in [2.75, 3.05) is 5.75 Å². The lowest BCUT2D eigenvalue weighted by molar-refractivity contribution is -0.136. The van der Waals surface area contributed by atoms with Gasteiger partial charge in [0.05, 0.1) is 0 Å². The molecule has 0 bridgehead atoms. The summed E-state index contributed by atoms with van der Waals surface area (Å²) in [6, 6.07) is 0. The molecule has 0 aliphatic carbocycles. The maximum absolute atomic E-state index is 11.8. The number of unbranched alkanes of at least 4 members (excludes halogenated alkanes) is 9. The summed E-state index contributed by atoms with van der Waals surface area (Å²) >= 11 is 1.44. The van der Waals surface area contributed by atoms with Crippen LogP contribution in [0.1, 0.15) is 96.8 Å². The molecule has 0 atom stereocenters. The van der Waals surface area contributed by atoms with Crippen LogP contribution in [-0.2, 0) is 9.59 Å². The largest absolute Gasteiger partial charge is 0.273 e. The standard InChI is InChI=1S/C18H33NO2S/c1-2-3-4-5-6-7-8-9-10-13-16-22-19-17(20)14-11-12-15-18(19)21/h2-16H2,1H3. The molecule has 0 saturated carbocycles. The summed E-state index contributed by atoms with van der Waals surface area (Å²) in [5, 5.41) is 0. The second-order valence-corrected chi connectivity index (χ2v) is 7.34. The second kappa shape index (κ2) is 13.0. The molecular formula is C18H33NO2S. The number of rotatable bonds is 12. The van der Waals surface area contributed by atoms with Crippen LogP contribution in [0, 0.1) is 0 Å². The quantitative estimate of drug-likeness (QED) is 0.270. The molecule has 0 aromatic heterocycles. The minimum Gasteiger partial charge on any atom is -0.273 e. The minimum atomic E-state index is 0.0135. The van der Waals surface area contributed by atoms with Crippen molar-refractivity contribution in [3.63, 3.8) is 0 Å². The SMILES string of the molecule is CCCCCCCCCCCCSN1C(=O)CCCCC1=O. The molecule has 1 heterocycles. The highest BCUT2D eigenvalue weighted by Crippen LogP contribution is 2.21. The molecule has 4 heteroatoms. The van der Waals surface area contributed by atoms with Gasteiger partial charge < -0.3 is 0 Å². The van der Waals surface area contributed by atoms with E-state index in [1.54, 1.807) is 0 Å². The molecule has 0 radical (unpaired) electrons. The molecule has 1 fully saturated rings. The zero-order valence-corrected chi connectivity index (χ0v) is 15.1. The highest BCUT2D eigenvalue weighted by atomic mass is 32.2. The molecule has 2 amide bonds. The highest BCUT2D eigenvalue weighted by molar-refractivity contribution is 7.98. The summed E-state index contributed by atoms with van der Waals surface area (Å²) in [5.74, 6) is 0.924. The maximum Gasteiger partial charge on any atom is 0.239 e. The fraction of sp³-hybridized carbons (Fsp3) is 0.889. The normalized spacial score (nSPS) is 16.1. The van der Waals surface area contributed by atoms with Gasteiger partial charge in [-0.2, -0.15) is 0 Å². The molecule has 22 heavy (non-hydrogen) atoms. The Morgan fingerprint density at radius 1 is 0.773 bits per heavy atom. The van der Waals surface area contributed by atoms with Gasteiger partial charge in [0.15, 0.2) is 0 Å². The fourth-order valence-electron chi connectivity index (χ4n) is 2.78. The highest BCUT2D eigenvalue weighted by Gasteiger charge is 2.24. The third kappa shape index (κ3) is 8.82. The van der Waals surface area contributed by atoms with Gasteiger partial charge in [-0.25, -0.2) is 4.31 Å². The van der Waals surface area contributed by atoms with E-state index < -0.39 is 0 Å². The van der Waals surface area contributed by atoms with E-state index in [1.807, 2.05) is 0 Å². The van der Waals surface area contributed by atoms with Gasteiger partial charge in [0, 0.05) is 18.6 Å². The van der Waals surface area contributed by atoms with Crippen LogP contribution >= 0.6 is 11.9 Å². The van der Waals surface area contributed by atoms with Gasteiger partial charge >= 0.3 is 0 Å². The van der Waals surface area contributed by atoms with Crippen molar-refractivity contribution in [3.05, 3.63) is 0 Å². The molecule has 1 saturated heterocycles. The summed E-state index contributed by atoms with van der Waals surface area (Å²) < 4.78 is 1.43. The monoisotopic (exact) mass is 327 g/mol. The first-order valence-corrected chi connectivity index (χ1v) is 10.2. The number of carbonyl (C=O) groups is 2. The lowest BCUT2D eigenvalue weighted by Crippen LogP contribution is -2.29. The summed E-state index contributed by atoms with van der Waals surface area (Å²) in [5.41, 5.74) is 0. The predicted octanol–water partition coefficient (Wildman–Crippen LogP) is 5.48. The molecular weight excluding hydrogens is 294 g/mol. The molecule has 0 unspecified atom stereocenters. The van der Waals surface area contributed by atoms with Gasteiger partial charge in [-0.3, -0.25) is 9.59 Å². The Morgan fingerprint density at radius 2 is 1.23 bits per heavy atom. The number of carbonyl (C=O) groups excluding carboxylic acids is 2. The number of amides is 2. The molecule has 0 aromatic carbocycles. The molecule has 1 aliphatic rings. The van der Waals surface area contributed by atoms with Crippen molar-refractivity contribution in [1.82, 2.24) is 4.31 Å². The average Bonchev–Trinajstić information content (AvgIpc) is 2.67. The van der Waals surface area contributed by atoms with Gasteiger partial charge in [0.2, 0.25) is 11.8 Å². The van der Waals surface area contributed by atoms with Crippen molar-refractivity contribution in [2.24, 2.45) is 0 Å². The minimum absolute atomic E-state index is 0.0135. The maximum atomic E-state index is 11.8. The van der Waals surface area contributed by atoms with Crippen molar-refractivity contribution < 1.29 is 9.59 Å². The Labute approximate surface area is 140 Å². The Kier molecular flexibility index (Phi) is 11.5. The zero-order chi connectivity index (χ0) is 16.0. The molecule has 0 spiro atoms. The summed E-state index contributed by atoms with van der Waals surface area (Å²) in [6.45, 7) is 2.25. The summed E-state index contributed by atoms with van der Waals surface area (Å²) in [6.07, 6.45) is 16.0. The number of imide groups is 1. The van der Waals surface area contributed by atoms with E-state index >= 15 is 0 Å². The van der Waals surface area contributed by atoms with E-state index in [4.69, 9.17) is 0 Å². The Hall–Kier alpha value is -0.510. The zero-order valence-electron chi connectivity index (χ0n) is 14.3. The van der Waals surface area contributed by atoms with Crippen LogP contribution in [0.3, 0.4) is 0 Å². The van der Waals surface area contributed by atoms with E-state index in [0.29, 0.717) is 12.8 Å². The predicted molar refractivity (Wildman–Crippen MR) is 94.6 cm³/mol. The lowest BCUT2D eigenvalue weighted by Gasteiger charge is -2.16. The first-order valence-electron chi connectivity index (χ1n) is 9.24. The van der Waals surface area contributed by atoms with Crippen molar-refractivity contribution in [2.45, 2.75) is 96.8 Å². The smallest absolute Gasteiger partial charge is 0.239 e. The van der Waals surface area contributed by atoms with Gasteiger partial charge in [0.25, 0.3) is 0 Å². The van der Waals surface area contributed by atoms with Crippen LogP contribution in [0.2, 0.25) is 0 Å². The van der Waals surface area contributed by atoms with E-state index in [0.717, 1.165) is 25.0 Å². The van der Waals surface area contributed by atoms with E-state index in [1.165, 1.54) is 74.0 Å². The first kappa shape index (κ1) is 19.5. The average molecular weight is 328 g/mol. The molecule has 1 rings (SSSR count). The van der Waals surface area contributed by atoms with Gasteiger partial charge in [-0.05, 0) is 31.2 Å². The van der Waals surface area contributed by atoms with Crippen LogP contribution in [-0.4, -0.2) is 21.9 Å². The van der Waals surface area contributed by atoms with E-state index in [-0.39, 0.29) is 11.8 Å². The van der Waals surface area contributed by atoms with Crippen molar-refractivity contribution in [3.8, 4) is 0 Å². The van der Waals surface area contributed by atoms with Crippen LogP contribution in [0.15, 0.2) is 0 Å². The Balaban J connectivity index is 1.94.